The van der Waals surface area contributed by atoms with Crippen LogP contribution in [0.15, 0.2) is 67.0 Å². The smallest absolute Gasteiger partial charge is 0.321 e. The van der Waals surface area contributed by atoms with Crippen molar-refractivity contribution < 1.29 is 9.18 Å². The van der Waals surface area contributed by atoms with E-state index in [0.29, 0.717) is 18.8 Å². The van der Waals surface area contributed by atoms with Crippen molar-refractivity contribution in [2.24, 2.45) is 0 Å². The number of amides is 2. The Hall–Kier alpha value is -3.15. The summed E-state index contributed by atoms with van der Waals surface area (Å²) in [6.07, 6.45) is 3.68. The Balaban J connectivity index is 1.56. The highest BCUT2D eigenvalue weighted by Gasteiger charge is 2.11. The first kappa shape index (κ1) is 16.7. The fourth-order valence-electron chi connectivity index (χ4n) is 2.44. The van der Waals surface area contributed by atoms with Crippen molar-refractivity contribution in [1.29, 1.82) is 0 Å². The quantitative estimate of drug-likeness (QED) is 0.770. The summed E-state index contributed by atoms with van der Waals surface area (Å²) in [6, 6.07) is 15.5. The Labute approximate surface area is 145 Å². The summed E-state index contributed by atoms with van der Waals surface area (Å²) in [4.78, 5) is 13.7. The van der Waals surface area contributed by atoms with Crippen LogP contribution in [0.5, 0.6) is 0 Å². The van der Waals surface area contributed by atoms with E-state index in [0.717, 1.165) is 5.56 Å². The molecule has 3 rings (SSSR count). The number of hydrogen-bond acceptors (Lipinski definition) is 2. The molecule has 0 saturated heterocycles. The average molecular weight is 338 g/mol. The highest BCUT2D eigenvalue weighted by Crippen LogP contribution is 2.11. The zero-order valence-electron chi connectivity index (χ0n) is 13.9. The van der Waals surface area contributed by atoms with E-state index in [4.69, 9.17) is 0 Å². The van der Waals surface area contributed by atoms with E-state index in [1.54, 1.807) is 18.1 Å². The minimum Gasteiger partial charge on any atom is -0.323 e. The second-order valence-corrected chi connectivity index (χ2v) is 5.82. The lowest BCUT2D eigenvalue weighted by atomic mass is 10.2. The molecule has 5 nitrogen and oxygen atoms in total. The van der Waals surface area contributed by atoms with Gasteiger partial charge in [0.1, 0.15) is 5.82 Å². The number of hydrogen-bond donors (Lipinski definition) is 1. The van der Waals surface area contributed by atoms with Gasteiger partial charge in [-0.25, -0.2) is 9.18 Å². The van der Waals surface area contributed by atoms with Gasteiger partial charge in [-0.05, 0) is 29.8 Å². The number of nitrogens with zero attached hydrogens (tertiary/aromatic N) is 3. The summed E-state index contributed by atoms with van der Waals surface area (Å²) in [7, 11) is 1.70. The molecule has 0 unspecified atom stereocenters. The molecule has 1 heterocycles. The molecule has 0 aliphatic carbocycles. The van der Waals surface area contributed by atoms with Crippen LogP contribution in [-0.2, 0) is 13.1 Å². The summed E-state index contributed by atoms with van der Waals surface area (Å²) in [5.41, 5.74) is 2.66. The summed E-state index contributed by atoms with van der Waals surface area (Å²) in [5, 5.41) is 7.06. The van der Waals surface area contributed by atoms with Crippen LogP contribution in [0.2, 0.25) is 0 Å². The molecule has 0 aliphatic rings. The molecule has 0 bridgehead atoms. The Morgan fingerprint density at radius 1 is 1.12 bits per heavy atom. The van der Waals surface area contributed by atoms with Crippen LogP contribution in [0.25, 0.3) is 0 Å². The number of aromatic nitrogens is 2. The SMILES string of the molecule is CN(Cc1cnn(Cc2ccccc2)c1)C(=O)Nc1ccc(F)cc1. The van der Waals surface area contributed by atoms with E-state index in [9.17, 15) is 9.18 Å². The third kappa shape index (κ3) is 4.67. The first-order valence-corrected chi connectivity index (χ1v) is 7.93. The number of rotatable bonds is 5. The van der Waals surface area contributed by atoms with E-state index in [1.165, 1.54) is 29.8 Å². The Bertz CT molecular complexity index is 830. The minimum absolute atomic E-state index is 0.262. The molecule has 25 heavy (non-hydrogen) atoms. The van der Waals surface area contributed by atoms with Crippen LogP contribution in [-0.4, -0.2) is 27.8 Å². The average Bonchev–Trinajstić information content (AvgIpc) is 3.04. The van der Waals surface area contributed by atoms with Gasteiger partial charge in [0.15, 0.2) is 0 Å². The van der Waals surface area contributed by atoms with Gasteiger partial charge in [0.05, 0.1) is 19.3 Å². The van der Waals surface area contributed by atoms with Gasteiger partial charge in [0.25, 0.3) is 0 Å². The fourth-order valence-corrected chi connectivity index (χ4v) is 2.44. The van der Waals surface area contributed by atoms with Gasteiger partial charge < -0.3 is 10.2 Å². The molecule has 1 aromatic heterocycles. The summed E-state index contributed by atoms with van der Waals surface area (Å²) in [5.74, 6) is -0.336. The Morgan fingerprint density at radius 3 is 2.56 bits per heavy atom. The molecule has 0 aliphatic heterocycles. The molecule has 6 heteroatoms. The van der Waals surface area contributed by atoms with Crippen molar-refractivity contribution in [2.45, 2.75) is 13.1 Å². The van der Waals surface area contributed by atoms with Crippen molar-refractivity contribution in [2.75, 3.05) is 12.4 Å². The topological polar surface area (TPSA) is 50.2 Å². The van der Waals surface area contributed by atoms with Gasteiger partial charge >= 0.3 is 6.03 Å². The van der Waals surface area contributed by atoms with Crippen LogP contribution in [0, 0.1) is 5.82 Å². The van der Waals surface area contributed by atoms with Crippen molar-refractivity contribution in [3.8, 4) is 0 Å². The molecule has 0 spiro atoms. The van der Waals surface area contributed by atoms with Crippen LogP contribution in [0.4, 0.5) is 14.9 Å². The summed E-state index contributed by atoms with van der Waals surface area (Å²) >= 11 is 0. The van der Waals surface area contributed by atoms with Gasteiger partial charge in [-0.15, -0.1) is 0 Å². The second kappa shape index (κ2) is 7.61. The largest absolute Gasteiger partial charge is 0.323 e. The maximum absolute atomic E-state index is 12.9. The van der Waals surface area contributed by atoms with Crippen molar-refractivity contribution in [1.82, 2.24) is 14.7 Å². The molecule has 128 valence electrons. The molecule has 0 saturated carbocycles. The molecule has 0 fully saturated rings. The lowest BCUT2D eigenvalue weighted by Gasteiger charge is -2.17. The number of anilines is 1. The number of nitrogens with one attached hydrogen (secondary N) is 1. The summed E-state index contributed by atoms with van der Waals surface area (Å²) < 4.78 is 14.7. The number of urea groups is 1. The van der Waals surface area contributed by atoms with Crippen molar-refractivity contribution in [3.63, 3.8) is 0 Å². The first-order chi connectivity index (χ1) is 12.1. The zero-order chi connectivity index (χ0) is 17.6. The van der Waals surface area contributed by atoms with Crippen molar-refractivity contribution in [3.05, 3.63) is 83.9 Å². The van der Waals surface area contributed by atoms with E-state index in [-0.39, 0.29) is 11.8 Å². The lowest BCUT2D eigenvalue weighted by molar-refractivity contribution is 0.220. The van der Waals surface area contributed by atoms with E-state index in [2.05, 4.69) is 10.4 Å². The zero-order valence-corrected chi connectivity index (χ0v) is 13.9. The third-order valence-corrected chi connectivity index (χ3v) is 3.74. The number of halogens is 1. The highest BCUT2D eigenvalue weighted by atomic mass is 19.1. The van der Waals surface area contributed by atoms with Crippen LogP contribution >= 0.6 is 0 Å². The number of carbonyl (C=O) groups is 1. The Morgan fingerprint density at radius 2 is 1.84 bits per heavy atom. The number of carbonyl (C=O) groups excluding carboxylic acids is 1. The summed E-state index contributed by atoms with van der Waals surface area (Å²) in [6.45, 7) is 1.12. The van der Waals surface area contributed by atoms with Gasteiger partial charge in [-0.3, -0.25) is 4.68 Å². The van der Waals surface area contributed by atoms with Gasteiger partial charge in [-0.1, -0.05) is 30.3 Å². The van der Waals surface area contributed by atoms with Gasteiger partial charge in [0.2, 0.25) is 0 Å². The van der Waals surface area contributed by atoms with Crippen LogP contribution in [0.3, 0.4) is 0 Å². The molecule has 0 radical (unpaired) electrons. The first-order valence-electron chi connectivity index (χ1n) is 7.93. The normalized spacial score (nSPS) is 10.5. The molecular weight excluding hydrogens is 319 g/mol. The van der Waals surface area contributed by atoms with Gasteiger partial charge in [-0.2, -0.15) is 5.10 Å². The number of benzene rings is 2. The third-order valence-electron chi connectivity index (χ3n) is 3.74. The van der Waals surface area contributed by atoms with E-state index in [1.807, 2.05) is 41.2 Å². The highest BCUT2D eigenvalue weighted by molar-refractivity contribution is 5.89. The predicted molar refractivity (Wildman–Crippen MR) is 94.7 cm³/mol. The fraction of sp³-hybridized carbons (Fsp3) is 0.158. The molecule has 2 aromatic carbocycles. The second-order valence-electron chi connectivity index (χ2n) is 5.82. The molecule has 2 amide bonds. The maximum Gasteiger partial charge on any atom is 0.321 e. The van der Waals surface area contributed by atoms with E-state index >= 15 is 0 Å². The Kier molecular flexibility index (Phi) is 5.09. The van der Waals surface area contributed by atoms with Crippen LogP contribution in [0.1, 0.15) is 11.1 Å². The maximum atomic E-state index is 12.9. The molecular formula is C19H19FN4O. The molecule has 3 aromatic rings. The molecule has 1 N–H and O–H groups in total. The van der Waals surface area contributed by atoms with E-state index < -0.39 is 0 Å². The lowest BCUT2D eigenvalue weighted by Crippen LogP contribution is -2.30. The monoisotopic (exact) mass is 338 g/mol. The van der Waals surface area contributed by atoms with Gasteiger partial charge in [0, 0.05) is 24.5 Å². The molecule has 0 atom stereocenters. The minimum atomic E-state index is -0.336. The standard InChI is InChI=1S/C19H19FN4O/c1-23(19(25)22-18-9-7-17(20)8-10-18)12-16-11-21-24(14-16)13-15-5-3-2-4-6-15/h2-11,14H,12-13H2,1H3,(H,22,25). The van der Waals surface area contributed by atoms with Crippen LogP contribution < -0.4 is 5.32 Å². The predicted octanol–water partition coefficient (Wildman–Crippen LogP) is 3.73. The van der Waals surface area contributed by atoms with Crippen molar-refractivity contribution >= 4 is 11.7 Å².